The average Bonchev–Trinajstić information content (AvgIpc) is 2.85. The maximum Gasteiger partial charge on any atom is 0.241 e. The number of aliphatic hydroxyl groups is 1. The van der Waals surface area contributed by atoms with Crippen LogP contribution in [0.2, 0.25) is 0 Å². The fourth-order valence-corrected chi connectivity index (χ4v) is 5.65. The van der Waals surface area contributed by atoms with Crippen LogP contribution in [0.5, 0.6) is 0 Å². The van der Waals surface area contributed by atoms with Gasteiger partial charge in [0.05, 0.1) is 18.3 Å². The number of benzene rings is 2. The molecular weight excluding hydrogens is 510 g/mol. The number of nitrogens with two attached hydrogens (primary N) is 2. The molecule has 0 bridgehead atoms. The number of hydrogen-bond donors (Lipinski definition) is 6. The number of nitrogens with one attached hydrogen (secondary N) is 3. The van der Waals surface area contributed by atoms with Crippen LogP contribution in [0.4, 0.5) is 5.69 Å². The first-order chi connectivity index (χ1) is 17.9. The molecule has 3 rings (SSSR count). The molecule has 13 heteroatoms. The Morgan fingerprint density at radius 2 is 1.82 bits per heavy atom. The van der Waals surface area contributed by atoms with Gasteiger partial charge in [0.2, 0.25) is 21.8 Å². The topological polar surface area (TPSA) is 195 Å². The number of hydrogen-bond acceptors (Lipinski definition) is 7. The molecule has 38 heavy (non-hydrogen) atoms. The van der Waals surface area contributed by atoms with Crippen molar-refractivity contribution >= 4 is 33.5 Å². The molecule has 0 saturated carbocycles. The Labute approximate surface area is 222 Å². The number of guanidine groups is 1. The summed E-state index contributed by atoms with van der Waals surface area (Å²) >= 11 is 0. The first-order valence-electron chi connectivity index (χ1n) is 12.2. The largest absolute Gasteiger partial charge is 0.399 e. The van der Waals surface area contributed by atoms with Gasteiger partial charge in [0.15, 0.2) is 5.96 Å². The number of rotatable bonds is 10. The van der Waals surface area contributed by atoms with Crippen molar-refractivity contribution in [3.8, 4) is 0 Å². The number of sulfonamides is 1. The molecule has 1 fully saturated rings. The molecule has 0 aromatic heterocycles. The van der Waals surface area contributed by atoms with E-state index >= 15 is 0 Å². The molecular formula is C25H35N7O5S. The number of aliphatic hydroxyl groups excluding tert-OH is 1. The van der Waals surface area contributed by atoms with E-state index in [2.05, 4.69) is 10.0 Å². The number of amides is 2. The second-order valence-electron chi connectivity index (χ2n) is 9.36. The van der Waals surface area contributed by atoms with Crippen LogP contribution >= 0.6 is 0 Å². The van der Waals surface area contributed by atoms with Crippen molar-refractivity contribution in [2.24, 2.45) is 5.73 Å². The predicted octanol–water partition coefficient (Wildman–Crippen LogP) is -0.450. The molecule has 0 aliphatic carbocycles. The van der Waals surface area contributed by atoms with Crippen molar-refractivity contribution in [1.82, 2.24) is 19.8 Å². The van der Waals surface area contributed by atoms with E-state index in [-0.39, 0.29) is 24.7 Å². The van der Waals surface area contributed by atoms with Crippen molar-refractivity contribution in [1.29, 1.82) is 5.41 Å². The van der Waals surface area contributed by atoms with Gasteiger partial charge in [0.25, 0.3) is 0 Å². The number of anilines is 1. The summed E-state index contributed by atoms with van der Waals surface area (Å²) in [6.45, 7) is 0.0397. The van der Waals surface area contributed by atoms with E-state index < -0.39 is 40.1 Å². The summed E-state index contributed by atoms with van der Waals surface area (Å²) in [7, 11) is -2.50. The lowest BCUT2D eigenvalue weighted by atomic mass is 10.0. The molecule has 2 aromatic rings. The first kappa shape index (κ1) is 28.9. The van der Waals surface area contributed by atoms with Gasteiger partial charge in [-0.3, -0.25) is 15.0 Å². The van der Waals surface area contributed by atoms with Gasteiger partial charge in [-0.15, -0.1) is 0 Å². The normalized spacial score (nSPS) is 18.4. The van der Waals surface area contributed by atoms with Crippen molar-refractivity contribution in [3.63, 3.8) is 0 Å². The fraction of sp³-hybridized carbons (Fsp3) is 0.400. The average molecular weight is 546 g/mol. The van der Waals surface area contributed by atoms with Crippen molar-refractivity contribution < 1.29 is 23.1 Å². The Morgan fingerprint density at radius 1 is 1.16 bits per heavy atom. The number of nitrogens with zero attached hydrogens (tertiary/aromatic N) is 2. The number of carbonyl (C=O) groups is 2. The Hall–Kier alpha value is -3.68. The van der Waals surface area contributed by atoms with Gasteiger partial charge in [-0.25, -0.2) is 13.1 Å². The van der Waals surface area contributed by atoms with E-state index in [9.17, 15) is 23.1 Å². The Bertz CT molecular complexity index is 1220. The highest BCUT2D eigenvalue weighted by molar-refractivity contribution is 7.88. The third-order valence-corrected chi connectivity index (χ3v) is 7.60. The zero-order chi connectivity index (χ0) is 27.9. The number of likely N-dealkylation sites (N-methyl/N-ethyl adjacent to an activating group) is 1. The van der Waals surface area contributed by atoms with Gasteiger partial charge < -0.3 is 31.7 Å². The third kappa shape index (κ3) is 8.16. The van der Waals surface area contributed by atoms with Crippen LogP contribution in [0.25, 0.3) is 0 Å². The zero-order valence-electron chi connectivity index (χ0n) is 21.2. The van der Waals surface area contributed by atoms with Gasteiger partial charge in [-0.05, 0) is 42.5 Å². The molecule has 206 valence electrons. The maximum absolute atomic E-state index is 13.4. The molecule has 1 aliphatic rings. The summed E-state index contributed by atoms with van der Waals surface area (Å²) in [5, 5.41) is 20.7. The van der Waals surface area contributed by atoms with Crippen molar-refractivity contribution in [3.05, 3.63) is 65.7 Å². The lowest BCUT2D eigenvalue weighted by Crippen LogP contribution is -2.59. The summed E-state index contributed by atoms with van der Waals surface area (Å²) in [6.07, 6.45) is -0.0146. The molecule has 3 atom stereocenters. The van der Waals surface area contributed by atoms with E-state index in [0.717, 1.165) is 4.90 Å². The molecule has 0 radical (unpaired) electrons. The first-order valence-corrected chi connectivity index (χ1v) is 13.8. The summed E-state index contributed by atoms with van der Waals surface area (Å²) in [5.41, 5.74) is 13.0. The minimum absolute atomic E-state index is 0.0496. The van der Waals surface area contributed by atoms with Crippen molar-refractivity contribution in [2.75, 3.05) is 25.9 Å². The SMILES string of the molecule is CN(CC(=O)NC1CCCN(C(=N)N)C1O)C(=O)[C@@H](Cc1ccc(N)cc1)NS(=O)(=O)Cc1ccccc1. The Balaban J connectivity index is 1.70. The van der Waals surface area contributed by atoms with Gasteiger partial charge in [-0.1, -0.05) is 42.5 Å². The van der Waals surface area contributed by atoms with E-state index in [0.29, 0.717) is 36.2 Å². The van der Waals surface area contributed by atoms with Gasteiger partial charge in [0, 0.05) is 19.3 Å². The van der Waals surface area contributed by atoms with Gasteiger partial charge >= 0.3 is 0 Å². The van der Waals surface area contributed by atoms with E-state index in [4.69, 9.17) is 16.9 Å². The van der Waals surface area contributed by atoms with Crippen LogP contribution < -0.4 is 21.5 Å². The summed E-state index contributed by atoms with van der Waals surface area (Å²) in [4.78, 5) is 28.5. The molecule has 0 spiro atoms. The quantitative estimate of drug-likeness (QED) is 0.131. The molecule has 8 N–H and O–H groups in total. The molecule has 1 saturated heterocycles. The lowest BCUT2D eigenvalue weighted by molar-refractivity contribution is -0.137. The second-order valence-corrected chi connectivity index (χ2v) is 11.1. The number of likely N-dealkylation sites (tertiary alicyclic amines) is 1. The lowest BCUT2D eigenvalue weighted by Gasteiger charge is -2.38. The van der Waals surface area contributed by atoms with Crippen LogP contribution in [0.3, 0.4) is 0 Å². The van der Waals surface area contributed by atoms with Crippen LogP contribution in [-0.4, -0.2) is 79.5 Å². The minimum Gasteiger partial charge on any atom is -0.399 e. The Kier molecular flexibility index (Phi) is 9.66. The number of carbonyl (C=O) groups excluding carboxylic acids is 2. The smallest absolute Gasteiger partial charge is 0.241 e. The van der Waals surface area contributed by atoms with E-state index in [1.54, 1.807) is 54.6 Å². The van der Waals surface area contributed by atoms with Crippen LogP contribution in [-0.2, 0) is 31.8 Å². The second kappa shape index (κ2) is 12.7. The fourth-order valence-electron chi connectivity index (χ4n) is 4.32. The predicted molar refractivity (Wildman–Crippen MR) is 144 cm³/mol. The standard InChI is InChI=1S/C25H35N7O5S/c1-31(15-22(33)29-20-8-5-13-32(24(20)35)25(27)28)23(34)21(14-17-9-11-19(26)12-10-17)30-38(36,37)16-18-6-3-2-4-7-18/h2-4,6-7,9-12,20-21,24,30,35H,5,8,13-16,26H2,1H3,(H3,27,28)(H,29,33)/t20?,21-,24?/m1/s1. The monoisotopic (exact) mass is 545 g/mol. The zero-order valence-corrected chi connectivity index (χ0v) is 22.0. The van der Waals surface area contributed by atoms with Gasteiger partial charge in [0.1, 0.15) is 12.3 Å². The molecule has 1 aliphatic heterocycles. The molecule has 2 amide bonds. The summed E-state index contributed by atoms with van der Waals surface area (Å²) in [6, 6.07) is 13.5. The molecule has 12 nitrogen and oxygen atoms in total. The van der Waals surface area contributed by atoms with Crippen LogP contribution in [0.15, 0.2) is 54.6 Å². The van der Waals surface area contributed by atoms with Crippen LogP contribution in [0.1, 0.15) is 24.0 Å². The van der Waals surface area contributed by atoms with E-state index in [1.807, 2.05) is 0 Å². The Morgan fingerprint density at radius 3 is 2.45 bits per heavy atom. The molecule has 2 aromatic carbocycles. The number of nitrogen functional groups attached to an aromatic ring is 1. The highest BCUT2D eigenvalue weighted by Crippen LogP contribution is 2.16. The minimum atomic E-state index is -3.91. The molecule has 2 unspecified atom stereocenters. The third-order valence-electron chi connectivity index (χ3n) is 6.25. The highest BCUT2D eigenvalue weighted by atomic mass is 32.2. The summed E-state index contributed by atoms with van der Waals surface area (Å²) < 4.78 is 28.4. The van der Waals surface area contributed by atoms with Crippen LogP contribution in [0, 0.1) is 5.41 Å². The van der Waals surface area contributed by atoms with Crippen molar-refractivity contribution in [2.45, 2.75) is 43.3 Å². The molecule has 1 heterocycles. The van der Waals surface area contributed by atoms with E-state index in [1.165, 1.54) is 11.9 Å². The number of piperidine rings is 1. The highest BCUT2D eigenvalue weighted by Gasteiger charge is 2.33. The van der Waals surface area contributed by atoms with Gasteiger partial charge in [-0.2, -0.15) is 0 Å². The summed E-state index contributed by atoms with van der Waals surface area (Å²) in [5.74, 6) is -1.73. The maximum atomic E-state index is 13.4.